The van der Waals surface area contributed by atoms with Crippen LogP contribution < -0.4 is 0 Å². The van der Waals surface area contributed by atoms with Crippen LogP contribution in [0.5, 0.6) is 0 Å². The summed E-state index contributed by atoms with van der Waals surface area (Å²) in [5.74, 6) is -4.91. The second-order valence-electron chi connectivity index (χ2n) is 4.44. The van der Waals surface area contributed by atoms with E-state index in [1.807, 2.05) is 0 Å². The first-order valence-electron chi connectivity index (χ1n) is 6.22. The standard InChI is InChI=1S/C10H16N2O8.Fe.2Na.H2O4S.2H/c13-7(14)3-11(4-8(15)16)1-2-12(5-9(17)18)6-10(19)20;;;;1-5(2,3)4;;/h1-6H2,(H,13,14)(H,15,16)(H,17,18)(H,19,20);;;;(H2,1,2,3,4);;. The molecule has 28 heavy (non-hydrogen) atoms. The van der Waals surface area contributed by atoms with Crippen molar-refractivity contribution >= 4 is 93.4 Å². The molecule has 0 aliphatic carbocycles. The summed E-state index contributed by atoms with van der Waals surface area (Å²) in [5.41, 5.74) is 0. The van der Waals surface area contributed by atoms with E-state index < -0.39 is 60.5 Å². The maximum absolute atomic E-state index is 10.6. The predicted molar refractivity (Wildman–Crippen MR) is 91.9 cm³/mol. The summed E-state index contributed by atoms with van der Waals surface area (Å²) in [5, 5.41) is 34.5. The molecule has 0 aromatic heterocycles. The van der Waals surface area contributed by atoms with Gasteiger partial charge in [0.25, 0.3) is 0 Å². The molecule has 0 radical (unpaired) electrons. The van der Waals surface area contributed by atoms with Gasteiger partial charge < -0.3 is 20.4 Å². The van der Waals surface area contributed by atoms with Gasteiger partial charge in [-0.3, -0.25) is 38.1 Å². The predicted octanol–water partition coefficient (Wildman–Crippen LogP) is -4.02. The van der Waals surface area contributed by atoms with Crippen LogP contribution in [0.2, 0.25) is 0 Å². The van der Waals surface area contributed by atoms with E-state index in [1.54, 1.807) is 0 Å². The maximum atomic E-state index is 10.6. The first-order chi connectivity index (χ1) is 11.2. The van der Waals surface area contributed by atoms with Gasteiger partial charge in [0.15, 0.2) is 0 Å². The van der Waals surface area contributed by atoms with Gasteiger partial charge in [0, 0.05) is 30.2 Å². The number of rotatable bonds is 11. The second kappa shape index (κ2) is 20.5. The third-order valence-electron chi connectivity index (χ3n) is 2.17. The Morgan fingerprint density at radius 2 is 0.750 bits per heavy atom. The van der Waals surface area contributed by atoms with Crippen molar-refractivity contribution < 1.29 is 74.2 Å². The molecule has 14 nitrogen and oxygen atoms in total. The van der Waals surface area contributed by atoms with Gasteiger partial charge in [-0.1, -0.05) is 0 Å². The van der Waals surface area contributed by atoms with Crippen molar-refractivity contribution in [1.29, 1.82) is 0 Å². The van der Waals surface area contributed by atoms with Crippen LogP contribution in [0.25, 0.3) is 0 Å². The molecule has 0 fully saturated rings. The Bertz CT molecular complexity index is 515. The Labute approximate surface area is 214 Å². The van der Waals surface area contributed by atoms with Gasteiger partial charge >= 0.3 is 93.4 Å². The molecule has 0 saturated carbocycles. The van der Waals surface area contributed by atoms with E-state index >= 15 is 0 Å². The fourth-order valence-electron chi connectivity index (χ4n) is 1.48. The Morgan fingerprint density at radius 1 is 0.607 bits per heavy atom. The van der Waals surface area contributed by atoms with Gasteiger partial charge in [-0.2, -0.15) is 8.42 Å². The van der Waals surface area contributed by atoms with Crippen LogP contribution in [0.1, 0.15) is 0 Å². The monoisotopic (exact) mass is 494 g/mol. The van der Waals surface area contributed by atoms with Crippen molar-refractivity contribution in [3.05, 3.63) is 0 Å². The van der Waals surface area contributed by atoms with Crippen molar-refractivity contribution in [2.24, 2.45) is 0 Å². The van der Waals surface area contributed by atoms with E-state index in [0.717, 1.165) is 9.80 Å². The molecule has 0 aromatic carbocycles. The van der Waals surface area contributed by atoms with Gasteiger partial charge in [0.1, 0.15) is 0 Å². The molecule has 0 aromatic rings. The Balaban J connectivity index is -0.000000195. The molecule has 0 amide bonds. The number of carboxylic acid groups (broad SMARTS) is 4. The number of hydrogen-bond acceptors (Lipinski definition) is 8. The summed E-state index contributed by atoms with van der Waals surface area (Å²) in [6.45, 7) is -2.25. The van der Waals surface area contributed by atoms with Crippen molar-refractivity contribution in [3.63, 3.8) is 0 Å². The van der Waals surface area contributed by atoms with Crippen molar-refractivity contribution in [3.8, 4) is 0 Å². The molecule has 0 bridgehead atoms. The third-order valence-corrected chi connectivity index (χ3v) is 2.17. The number of hydrogen-bond donors (Lipinski definition) is 6. The Hall–Kier alpha value is 0.189. The zero-order chi connectivity index (χ0) is 20.2. The molecule has 0 saturated heterocycles. The number of aliphatic carboxylic acids is 4. The molecule has 0 aliphatic heterocycles. The number of nitrogens with zero attached hydrogens (tertiary/aromatic N) is 2. The molecular weight excluding hydrogens is 474 g/mol. The normalized spacial score (nSPS) is 9.71. The number of carbonyl (C=O) groups is 4. The van der Waals surface area contributed by atoms with Crippen molar-refractivity contribution in [2.45, 2.75) is 0 Å². The Kier molecular flexibility index (Phi) is 28.3. The SMILES string of the molecule is O=C(O)CN(CCN(CC(=O)O)CC(=O)O)CC(=O)O.O=S(=O)(O)O.[Fe].[NaH].[NaH]. The second-order valence-corrected chi connectivity index (χ2v) is 5.34. The summed E-state index contributed by atoms with van der Waals surface area (Å²) < 4.78 is 31.6. The van der Waals surface area contributed by atoms with E-state index in [0.29, 0.717) is 0 Å². The third kappa shape index (κ3) is 37.0. The quantitative estimate of drug-likeness (QED) is 0.119. The van der Waals surface area contributed by atoms with Crippen LogP contribution in [0.4, 0.5) is 0 Å². The van der Waals surface area contributed by atoms with E-state index in [9.17, 15) is 19.2 Å². The molecule has 0 unspecified atom stereocenters. The van der Waals surface area contributed by atoms with Crippen LogP contribution in [0.3, 0.4) is 0 Å². The molecule has 0 heterocycles. The zero-order valence-electron chi connectivity index (χ0n) is 13.0. The summed E-state index contributed by atoms with van der Waals surface area (Å²) in [6, 6.07) is 0. The molecule has 158 valence electrons. The summed E-state index contributed by atoms with van der Waals surface area (Å²) >= 11 is 0. The molecule has 0 spiro atoms. The minimum absolute atomic E-state index is 0. The van der Waals surface area contributed by atoms with Gasteiger partial charge in [-0.25, -0.2) is 0 Å². The molecule has 0 rings (SSSR count). The Morgan fingerprint density at radius 3 is 0.857 bits per heavy atom. The van der Waals surface area contributed by atoms with E-state index in [4.69, 9.17) is 37.9 Å². The van der Waals surface area contributed by atoms with Crippen molar-refractivity contribution in [2.75, 3.05) is 39.3 Å². The fourth-order valence-corrected chi connectivity index (χ4v) is 1.48. The van der Waals surface area contributed by atoms with Gasteiger partial charge in [0.2, 0.25) is 0 Å². The fraction of sp³-hybridized carbons (Fsp3) is 0.600. The summed E-state index contributed by atoms with van der Waals surface area (Å²) in [4.78, 5) is 44.4. The van der Waals surface area contributed by atoms with Gasteiger partial charge in [0.05, 0.1) is 26.2 Å². The average Bonchev–Trinajstić information content (AvgIpc) is 2.30. The van der Waals surface area contributed by atoms with Crippen LogP contribution in [-0.2, 0) is 46.6 Å². The van der Waals surface area contributed by atoms with E-state index in [1.165, 1.54) is 0 Å². The minimum atomic E-state index is -4.67. The molecule has 0 atom stereocenters. The summed E-state index contributed by atoms with van der Waals surface area (Å²) in [7, 11) is -4.67. The topological polar surface area (TPSA) is 230 Å². The van der Waals surface area contributed by atoms with Crippen LogP contribution >= 0.6 is 0 Å². The van der Waals surface area contributed by atoms with Gasteiger partial charge in [-0.05, 0) is 0 Å². The average molecular weight is 494 g/mol. The summed E-state index contributed by atoms with van der Waals surface area (Å²) in [6.07, 6.45) is 0. The van der Waals surface area contributed by atoms with Crippen LogP contribution in [-0.4, -0.2) is 170 Å². The first-order valence-corrected chi connectivity index (χ1v) is 7.62. The molecular formula is C10H20FeN2Na2O12S. The number of carboxylic acids is 4. The van der Waals surface area contributed by atoms with E-state index in [-0.39, 0.29) is 89.3 Å². The van der Waals surface area contributed by atoms with Crippen molar-refractivity contribution in [1.82, 2.24) is 9.80 Å². The van der Waals surface area contributed by atoms with Crippen LogP contribution in [0.15, 0.2) is 0 Å². The zero-order valence-corrected chi connectivity index (χ0v) is 15.0. The molecule has 0 aliphatic rings. The molecule has 18 heteroatoms. The van der Waals surface area contributed by atoms with Gasteiger partial charge in [-0.15, -0.1) is 0 Å². The first kappa shape index (κ1) is 38.8. The molecule has 6 N–H and O–H groups in total. The van der Waals surface area contributed by atoms with Crippen LogP contribution in [0, 0.1) is 0 Å². The van der Waals surface area contributed by atoms with E-state index in [2.05, 4.69) is 0 Å².